The largest absolute Gasteiger partial charge is 0.369 e. The molecule has 0 aromatic carbocycles. The first-order valence-electron chi connectivity index (χ1n) is 4.34. The highest BCUT2D eigenvalue weighted by atomic mass is 79.9. The van der Waals surface area contributed by atoms with Crippen LogP contribution in [-0.2, 0) is 10.8 Å². The Morgan fingerprint density at radius 2 is 2.43 bits per heavy atom. The molecule has 0 radical (unpaired) electrons. The van der Waals surface area contributed by atoms with Gasteiger partial charge in [-0.2, -0.15) is 0 Å². The van der Waals surface area contributed by atoms with Crippen LogP contribution in [0.4, 0.5) is 5.82 Å². The molecule has 0 amide bonds. The molecule has 1 atom stereocenters. The smallest absolute Gasteiger partial charge is 0.140 e. The van der Waals surface area contributed by atoms with Crippen molar-refractivity contribution >= 4 is 32.5 Å². The van der Waals surface area contributed by atoms with Gasteiger partial charge >= 0.3 is 0 Å². The Hall–Kier alpha value is -0.420. The summed E-state index contributed by atoms with van der Waals surface area (Å²) in [6.45, 7) is 0.801. The second-order valence-electron chi connectivity index (χ2n) is 2.89. The standard InChI is InChI=1S/C9H13BrN2OS/c1-14(13)7-3-6-12-9-8(10)4-2-5-11-9/h2,4-5H,3,6-7H2,1H3,(H,11,12). The van der Waals surface area contributed by atoms with Gasteiger partial charge in [-0.3, -0.25) is 4.21 Å². The molecule has 0 aliphatic carbocycles. The molecular weight excluding hydrogens is 264 g/mol. The molecule has 3 nitrogen and oxygen atoms in total. The first-order chi connectivity index (χ1) is 6.70. The minimum atomic E-state index is -0.701. The Bertz CT molecular complexity index is 319. The van der Waals surface area contributed by atoms with E-state index in [4.69, 9.17) is 0 Å². The molecule has 0 bridgehead atoms. The molecule has 0 spiro atoms. The van der Waals surface area contributed by atoms with Crippen LogP contribution in [0.15, 0.2) is 22.8 Å². The number of hydrogen-bond donors (Lipinski definition) is 1. The van der Waals surface area contributed by atoms with Gasteiger partial charge in [0, 0.05) is 35.5 Å². The van der Waals surface area contributed by atoms with Crippen LogP contribution in [0, 0.1) is 0 Å². The molecule has 1 heterocycles. The number of halogens is 1. The number of nitrogens with zero attached hydrogens (tertiary/aromatic N) is 1. The Labute approximate surface area is 94.9 Å². The molecule has 1 aromatic heterocycles. The fourth-order valence-corrected chi connectivity index (χ4v) is 1.94. The third-order valence-corrected chi connectivity index (χ3v) is 3.16. The van der Waals surface area contributed by atoms with Gasteiger partial charge in [-0.15, -0.1) is 0 Å². The van der Waals surface area contributed by atoms with Gasteiger partial charge in [-0.05, 0) is 34.5 Å². The number of rotatable bonds is 5. The van der Waals surface area contributed by atoms with Gasteiger partial charge in [0.05, 0.1) is 4.47 Å². The van der Waals surface area contributed by atoms with Crippen LogP contribution in [0.1, 0.15) is 6.42 Å². The lowest BCUT2D eigenvalue weighted by Crippen LogP contribution is -2.07. The van der Waals surface area contributed by atoms with Crippen molar-refractivity contribution < 1.29 is 4.21 Å². The Morgan fingerprint density at radius 1 is 1.64 bits per heavy atom. The van der Waals surface area contributed by atoms with E-state index in [1.165, 1.54) is 0 Å². The minimum Gasteiger partial charge on any atom is -0.369 e. The number of aromatic nitrogens is 1. The van der Waals surface area contributed by atoms with Crippen LogP contribution in [0.2, 0.25) is 0 Å². The lowest BCUT2D eigenvalue weighted by atomic mass is 10.4. The monoisotopic (exact) mass is 276 g/mol. The zero-order valence-corrected chi connectivity index (χ0v) is 10.4. The summed E-state index contributed by atoms with van der Waals surface area (Å²) in [7, 11) is -0.701. The van der Waals surface area contributed by atoms with E-state index in [9.17, 15) is 4.21 Å². The van der Waals surface area contributed by atoms with E-state index in [0.717, 1.165) is 29.0 Å². The molecule has 1 unspecified atom stereocenters. The molecule has 14 heavy (non-hydrogen) atoms. The van der Waals surface area contributed by atoms with E-state index in [2.05, 4.69) is 26.2 Å². The zero-order valence-electron chi connectivity index (χ0n) is 8.00. The van der Waals surface area contributed by atoms with Gasteiger partial charge in [0.25, 0.3) is 0 Å². The van der Waals surface area contributed by atoms with Gasteiger partial charge in [0.15, 0.2) is 0 Å². The zero-order chi connectivity index (χ0) is 10.4. The fraction of sp³-hybridized carbons (Fsp3) is 0.444. The Morgan fingerprint density at radius 3 is 3.07 bits per heavy atom. The lowest BCUT2D eigenvalue weighted by Gasteiger charge is -2.05. The molecule has 0 saturated heterocycles. The number of hydrogen-bond acceptors (Lipinski definition) is 3. The Kier molecular flexibility index (Phi) is 5.11. The van der Waals surface area contributed by atoms with Gasteiger partial charge in [-0.25, -0.2) is 4.98 Å². The highest BCUT2D eigenvalue weighted by Gasteiger charge is 1.98. The van der Waals surface area contributed by atoms with E-state index in [-0.39, 0.29) is 0 Å². The van der Waals surface area contributed by atoms with E-state index < -0.39 is 10.8 Å². The predicted molar refractivity (Wildman–Crippen MR) is 64.0 cm³/mol. The lowest BCUT2D eigenvalue weighted by molar-refractivity contribution is 0.685. The third kappa shape index (κ3) is 4.19. The topological polar surface area (TPSA) is 42.0 Å². The molecule has 78 valence electrons. The van der Waals surface area contributed by atoms with Crippen molar-refractivity contribution in [1.29, 1.82) is 0 Å². The van der Waals surface area contributed by atoms with Crippen molar-refractivity contribution in [2.75, 3.05) is 23.9 Å². The summed E-state index contributed by atoms with van der Waals surface area (Å²) in [5, 5.41) is 3.18. The number of anilines is 1. The quantitative estimate of drug-likeness (QED) is 0.837. The van der Waals surface area contributed by atoms with Gasteiger partial charge in [0.1, 0.15) is 5.82 Å². The molecule has 1 aromatic rings. The first kappa shape index (κ1) is 11.7. The van der Waals surface area contributed by atoms with Crippen molar-refractivity contribution in [2.45, 2.75) is 6.42 Å². The molecule has 0 aliphatic heterocycles. The summed E-state index contributed by atoms with van der Waals surface area (Å²) >= 11 is 3.39. The Balaban J connectivity index is 2.31. The average Bonchev–Trinajstić information content (AvgIpc) is 2.15. The van der Waals surface area contributed by atoms with Crippen LogP contribution in [0.3, 0.4) is 0 Å². The van der Waals surface area contributed by atoms with Crippen molar-refractivity contribution in [3.63, 3.8) is 0 Å². The predicted octanol–water partition coefficient (Wildman–Crippen LogP) is 2.02. The fourth-order valence-electron chi connectivity index (χ4n) is 0.998. The van der Waals surface area contributed by atoms with Crippen molar-refractivity contribution in [2.24, 2.45) is 0 Å². The van der Waals surface area contributed by atoms with Gasteiger partial charge < -0.3 is 5.32 Å². The van der Waals surface area contributed by atoms with Crippen molar-refractivity contribution in [1.82, 2.24) is 4.98 Å². The van der Waals surface area contributed by atoms with E-state index >= 15 is 0 Å². The molecular formula is C9H13BrN2OS. The van der Waals surface area contributed by atoms with E-state index in [1.54, 1.807) is 12.5 Å². The van der Waals surface area contributed by atoms with Crippen LogP contribution in [-0.4, -0.2) is 27.7 Å². The SMILES string of the molecule is CS(=O)CCCNc1ncccc1Br. The van der Waals surface area contributed by atoms with Gasteiger partial charge in [-0.1, -0.05) is 0 Å². The molecule has 0 fully saturated rings. The summed E-state index contributed by atoms with van der Waals surface area (Å²) in [6, 6.07) is 3.81. The number of pyridine rings is 1. The summed E-state index contributed by atoms with van der Waals surface area (Å²) in [5.74, 6) is 1.58. The summed E-state index contributed by atoms with van der Waals surface area (Å²) < 4.78 is 11.7. The van der Waals surface area contributed by atoms with Crippen molar-refractivity contribution in [3.05, 3.63) is 22.8 Å². The average molecular weight is 277 g/mol. The maximum atomic E-state index is 10.8. The third-order valence-electron chi connectivity index (χ3n) is 1.66. The van der Waals surface area contributed by atoms with Crippen LogP contribution >= 0.6 is 15.9 Å². The molecule has 0 saturated carbocycles. The maximum Gasteiger partial charge on any atom is 0.140 e. The molecule has 0 aliphatic rings. The summed E-state index contributed by atoms with van der Waals surface area (Å²) in [4.78, 5) is 4.16. The maximum absolute atomic E-state index is 10.8. The second-order valence-corrected chi connectivity index (χ2v) is 5.30. The first-order valence-corrected chi connectivity index (χ1v) is 6.86. The number of nitrogens with one attached hydrogen (secondary N) is 1. The second kappa shape index (κ2) is 6.14. The molecule has 1 rings (SSSR count). The molecule has 1 N–H and O–H groups in total. The van der Waals surface area contributed by atoms with Crippen LogP contribution in [0.5, 0.6) is 0 Å². The van der Waals surface area contributed by atoms with Crippen LogP contribution in [0.25, 0.3) is 0 Å². The summed E-state index contributed by atoms with van der Waals surface area (Å²) in [6.07, 6.45) is 4.36. The van der Waals surface area contributed by atoms with E-state index in [0.29, 0.717) is 0 Å². The van der Waals surface area contributed by atoms with Crippen LogP contribution < -0.4 is 5.32 Å². The molecule has 5 heteroatoms. The minimum absolute atomic E-state index is 0.701. The normalized spacial score (nSPS) is 12.4. The highest BCUT2D eigenvalue weighted by molar-refractivity contribution is 9.10. The van der Waals surface area contributed by atoms with Gasteiger partial charge in [0.2, 0.25) is 0 Å². The van der Waals surface area contributed by atoms with Crippen molar-refractivity contribution in [3.8, 4) is 0 Å². The highest BCUT2D eigenvalue weighted by Crippen LogP contribution is 2.17. The van der Waals surface area contributed by atoms with E-state index in [1.807, 2.05) is 12.1 Å². The summed E-state index contributed by atoms with van der Waals surface area (Å²) in [5.41, 5.74) is 0.